The molecule has 0 spiro atoms. The van der Waals surface area contributed by atoms with Gasteiger partial charge in [-0.15, -0.1) is 0 Å². The smallest absolute Gasteiger partial charge is 0.251 e. The Kier molecular flexibility index (Phi) is 5.17. The van der Waals surface area contributed by atoms with Crippen LogP contribution in [0.5, 0.6) is 5.75 Å². The number of nitrogens with one attached hydrogen (secondary N) is 1. The van der Waals surface area contributed by atoms with Crippen molar-refractivity contribution < 1.29 is 14.6 Å². The van der Waals surface area contributed by atoms with E-state index in [0.717, 1.165) is 5.56 Å². The zero-order valence-electron chi connectivity index (χ0n) is 12.9. The Morgan fingerprint density at radius 2 is 1.86 bits per heavy atom. The van der Waals surface area contributed by atoms with E-state index in [0.29, 0.717) is 17.9 Å². The minimum absolute atomic E-state index is 0.155. The molecule has 22 heavy (non-hydrogen) atoms. The van der Waals surface area contributed by atoms with Gasteiger partial charge in [0.2, 0.25) is 0 Å². The third kappa shape index (κ3) is 5.22. The van der Waals surface area contributed by atoms with Gasteiger partial charge >= 0.3 is 0 Å². The summed E-state index contributed by atoms with van der Waals surface area (Å²) in [4.78, 5) is 12.2. The molecule has 2 aromatic carbocycles. The van der Waals surface area contributed by atoms with E-state index in [1.54, 1.807) is 38.1 Å². The second-order valence-electron chi connectivity index (χ2n) is 5.80. The van der Waals surface area contributed by atoms with Gasteiger partial charge in [0.15, 0.2) is 0 Å². The molecule has 0 aromatic heterocycles. The van der Waals surface area contributed by atoms with Crippen molar-refractivity contribution in [3.8, 4) is 5.75 Å². The zero-order chi connectivity index (χ0) is 16.0. The molecule has 4 heteroatoms. The monoisotopic (exact) mass is 299 g/mol. The van der Waals surface area contributed by atoms with E-state index in [-0.39, 0.29) is 12.5 Å². The first-order chi connectivity index (χ1) is 10.4. The molecule has 0 saturated heterocycles. The van der Waals surface area contributed by atoms with Crippen molar-refractivity contribution in [3.05, 3.63) is 65.7 Å². The molecule has 0 heterocycles. The fourth-order valence-corrected chi connectivity index (χ4v) is 1.87. The molecule has 1 amide bonds. The minimum Gasteiger partial charge on any atom is -0.491 e. The van der Waals surface area contributed by atoms with Gasteiger partial charge in [-0.25, -0.2) is 0 Å². The Morgan fingerprint density at radius 3 is 2.55 bits per heavy atom. The summed E-state index contributed by atoms with van der Waals surface area (Å²) in [6.07, 6.45) is 0. The standard InChI is InChI=1S/C18H21NO3/c1-18(2,21)13-22-16-10-6-9-15(11-16)17(20)19-12-14-7-4-3-5-8-14/h3-11,21H,12-13H2,1-2H3,(H,19,20). The molecule has 0 radical (unpaired) electrons. The van der Waals surface area contributed by atoms with Crippen molar-refractivity contribution in [2.24, 2.45) is 0 Å². The highest BCUT2D eigenvalue weighted by atomic mass is 16.5. The van der Waals surface area contributed by atoms with E-state index >= 15 is 0 Å². The number of carbonyl (C=O) groups excluding carboxylic acids is 1. The Balaban J connectivity index is 1.95. The van der Waals surface area contributed by atoms with E-state index < -0.39 is 5.60 Å². The highest BCUT2D eigenvalue weighted by Crippen LogP contribution is 2.15. The van der Waals surface area contributed by atoms with E-state index in [1.165, 1.54) is 0 Å². The second-order valence-corrected chi connectivity index (χ2v) is 5.80. The molecule has 0 unspecified atom stereocenters. The van der Waals surface area contributed by atoms with Gasteiger partial charge in [-0.2, -0.15) is 0 Å². The topological polar surface area (TPSA) is 58.6 Å². The first-order valence-electron chi connectivity index (χ1n) is 7.21. The Labute approximate surface area is 130 Å². The van der Waals surface area contributed by atoms with E-state index in [1.807, 2.05) is 30.3 Å². The van der Waals surface area contributed by atoms with Crippen LogP contribution in [0.15, 0.2) is 54.6 Å². The Morgan fingerprint density at radius 1 is 1.14 bits per heavy atom. The molecule has 0 aliphatic carbocycles. The molecule has 2 aromatic rings. The van der Waals surface area contributed by atoms with Crippen LogP contribution in [0.3, 0.4) is 0 Å². The summed E-state index contributed by atoms with van der Waals surface area (Å²) < 4.78 is 5.49. The predicted molar refractivity (Wildman–Crippen MR) is 85.8 cm³/mol. The van der Waals surface area contributed by atoms with Crippen LogP contribution in [0.25, 0.3) is 0 Å². The van der Waals surface area contributed by atoms with Gasteiger partial charge in [-0.1, -0.05) is 36.4 Å². The number of hydrogen-bond acceptors (Lipinski definition) is 3. The van der Waals surface area contributed by atoms with Crippen molar-refractivity contribution in [2.75, 3.05) is 6.61 Å². The molecule has 0 atom stereocenters. The van der Waals surface area contributed by atoms with Crippen LogP contribution in [0.4, 0.5) is 0 Å². The van der Waals surface area contributed by atoms with E-state index in [2.05, 4.69) is 5.32 Å². The quantitative estimate of drug-likeness (QED) is 0.862. The molecular weight excluding hydrogens is 278 g/mol. The van der Waals surface area contributed by atoms with Crippen LogP contribution in [0.2, 0.25) is 0 Å². The first-order valence-corrected chi connectivity index (χ1v) is 7.21. The maximum Gasteiger partial charge on any atom is 0.251 e. The summed E-state index contributed by atoms with van der Waals surface area (Å²) in [6.45, 7) is 3.99. The third-order valence-corrected chi connectivity index (χ3v) is 2.98. The van der Waals surface area contributed by atoms with Crippen molar-refractivity contribution in [3.63, 3.8) is 0 Å². The van der Waals surface area contributed by atoms with Crippen molar-refractivity contribution in [1.82, 2.24) is 5.32 Å². The average molecular weight is 299 g/mol. The summed E-state index contributed by atoms with van der Waals surface area (Å²) in [6, 6.07) is 16.7. The van der Waals surface area contributed by atoms with Gasteiger partial charge in [0.05, 0.1) is 5.60 Å². The lowest BCUT2D eigenvalue weighted by Gasteiger charge is -2.18. The van der Waals surface area contributed by atoms with Crippen molar-refractivity contribution >= 4 is 5.91 Å². The fourth-order valence-electron chi connectivity index (χ4n) is 1.87. The van der Waals surface area contributed by atoms with Gasteiger partial charge in [0.1, 0.15) is 12.4 Å². The lowest BCUT2D eigenvalue weighted by molar-refractivity contribution is 0.0285. The second kappa shape index (κ2) is 7.09. The number of amides is 1. The SMILES string of the molecule is CC(C)(O)COc1cccc(C(=O)NCc2ccccc2)c1. The lowest BCUT2D eigenvalue weighted by atomic mass is 10.1. The minimum atomic E-state index is -0.911. The van der Waals surface area contributed by atoms with Crippen molar-refractivity contribution in [2.45, 2.75) is 26.0 Å². The molecule has 2 N–H and O–H groups in total. The molecule has 4 nitrogen and oxygen atoms in total. The number of carbonyl (C=O) groups is 1. The largest absolute Gasteiger partial charge is 0.491 e. The number of aliphatic hydroxyl groups is 1. The normalized spacial score (nSPS) is 11.0. The number of ether oxygens (including phenoxy) is 1. The third-order valence-electron chi connectivity index (χ3n) is 2.98. The summed E-state index contributed by atoms with van der Waals surface area (Å²) >= 11 is 0. The highest BCUT2D eigenvalue weighted by molar-refractivity contribution is 5.94. The first kappa shape index (κ1) is 16.0. The van der Waals surface area contributed by atoms with E-state index in [4.69, 9.17) is 4.74 Å². The average Bonchev–Trinajstić information content (AvgIpc) is 2.51. The molecule has 116 valence electrons. The highest BCUT2D eigenvalue weighted by Gasteiger charge is 2.14. The van der Waals surface area contributed by atoms with Gasteiger partial charge in [0.25, 0.3) is 5.91 Å². The van der Waals surface area contributed by atoms with E-state index in [9.17, 15) is 9.90 Å². The lowest BCUT2D eigenvalue weighted by Crippen LogP contribution is -2.28. The van der Waals surface area contributed by atoms with Crippen LogP contribution in [0.1, 0.15) is 29.8 Å². The Bertz CT molecular complexity index is 618. The van der Waals surface area contributed by atoms with Crippen LogP contribution in [0, 0.1) is 0 Å². The van der Waals surface area contributed by atoms with Gasteiger partial charge in [-0.3, -0.25) is 4.79 Å². The predicted octanol–water partition coefficient (Wildman–Crippen LogP) is 2.77. The summed E-state index contributed by atoms with van der Waals surface area (Å²) in [7, 11) is 0. The zero-order valence-corrected chi connectivity index (χ0v) is 12.9. The maximum atomic E-state index is 12.2. The number of rotatable bonds is 6. The molecule has 0 fully saturated rings. The molecule has 2 rings (SSSR count). The van der Waals surface area contributed by atoms with Gasteiger partial charge < -0.3 is 15.2 Å². The molecule has 0 saturated carbocycles. The fraction of sp³-hybridized carbons (Fsp3) is 0.278. The van der Waals surface area contributed by atoms with Crippen molar-refractivity contribution in [1.29, 1.82) is 0 Å². The Hall–Kier alpha value is -2.33. The number of hydrogen-bond donors (Lipinski definition) is 2. The van der Waals surface area contributed by atoms with Crippen LogP contribution in [-0.2, 0) is 6.54 Å². The molecule has 0 aliphatic heterocycles. The van der Waals surface area contributed by atoms with Crippen LogP contribution < -0.4 is 10.1 Å². The summed E-state index contributed by atoms with van der Waals surface area (Å²) in [5.74, 6) is 0.409. The van der Waals surface area contributed by atoms with Gasteiger partial charge in [0, 0.05) is 12.1 Å². The molecule has 0 aliphatic rings. The molecule has 0 bridgehead atoms. The summed E-state index contributed by atoms with van der Waals surface area (Å²) in [5, 5.41) is 12.5. The molecular formula is C18H21NO3. The number of benzene rings is 2. The summed E-state index contributed by atoms with van der Waals surface area (Å²) in [5.41, 5.74) is 0.667. The van der Waals surface area contributed by atoms with Crippen LogP contribution in [-0.4, -0.2) is 23.2 Å². The van der Waals surface area contributed by atoms with Gasteiger partial charge in [-0.05, 0) is 37.6 Å². The maximum absolute atomic E-state index is 12.2. The van der Waals surface area contributed by atoms with Crippen LogP contribution >= 0.6 is 0 Å².